The molecule has 0 aliphatic heterocycles. The maximum Gasteiger partial charge on any atom is 0.257 e. The van der Waals surface area contributed by atoms with Crippen molar-refractivity contribution < 1.29 is 4.79 Å². The number of rotatable bonds is 4. The molecule has 1 heterocycles. The Hall–Kier alpha value is -2.40. The van der Waals surface area contributed by atoms with Gasteiger partial charge in [-0.1, -0.05) is 30.3 Å². The SMILES string of the molecule is Cc1cc(=O)c(C(=O)NC(CN)c2ccccc2)c[nH]1. The number of benzene rings is 1. The van der Waals surface area contributed by atoms with Crippen LogP contribution < -0.4 is 16.5 Å². The smallest absolute Gasteiger partial charge is 0.257 e. The van der Waals surface area contributed by atoms with Crippen LogP contribution >= 0.6 is 0 Å². The summed E-state index contributed by atoms with van der Waals surface area (Å²) in [4.78, 5) is 26.8. The number of aromatic amines is 1. The van der Waals surface area contributed by atoms with Crippen LogP contribution in [0.1, 0.15) is 27.7 Å². The zero-order valence-corrected chi connectivity index (χ0v) is 11.2. The van der Waals surface area contributed by atoms with E-state index in [-0.39, 0.29) is 23.6 Å². The highest BCUT2D eigenvalue weighted by atomic mass is 16.2. The molecule has 0 spiro atoms. The van der Waals surface area contributed by atoms with Crippen molar-refractivity contribution in [2.45, 2.75) is 13.0 Å². The van der Waals surface area contributed by atoms with Crippen LogP contribution in [0.25, 0.3) is 0 Å². The molecule has 104 valence electrons. The molecule has 0 bridgehead atoms. The van der Waals surface area contributed by atoms with E-state index in [0.717, 1.165) is 5.56 Å². The largest absolute Gasteiger partial charge is 0.364 e. The molecular weight excluding hydrogens is 254 g/mol. The number of H-pyrrole nitrogens is 1. The maximum atomic E-state index is 12.1. The van der Waals surface area contributed by atoms with E-state index in [0.29, 0.717) is 5.69 Å². The van der Waals surface area contributed by atoms with Crippen LogP contribution in [-0.2, 0) is 0 Å². The van der Waals surface area contributed by atoms with Crippen molar-refractivity contribution in [3.8, 4) is 0 Å². The molecular formula is C15H17N3O2. The van der Waals surface area contributed by atoms with E-state index in [4.69, 9.17) is 5.73 Å². The average Bonchev–Trinajstić information content (AvgIpc) is 2.45. The number of amides is 1. The van der Waals surface area contributed by atoms with Gasteiger partial charge in [0.05, 0.1) is 6.04 Å². The van der Waals surface area contributed by atoms with Crippen molar-refractivity contribution in [1.29, 1.82) is 0 Å². The summed E-state index contributed by atoms with van der Waals surface area (Å²) in [6, 6.07) is 10.5. The number of carbonyl (C=O) groups excluding carboxylic acids is 1. The van der Waals surface area contributed by atoms with Gasteiger partial charge in [0.15, 0.2) is 5.43 Å². The summed E-state index contributed by atoms with van der Waals surface area (Å²) in [5, 5.41) is 2.78. The molecule has 2 aromatic rings. The number of hydrogen-bond donors (Lipinski definition) is 3. The molecule has 0 aliphatic carbocycles. The first kappa shape index (κ1) is 14.0. The fourth-order valence-corrected chi connectivity index (χ4v) is 1.95. The van der Waals surface area contributed by atoms with Gasteiger partial charge in [-0.25, -0.2) is 0 Å². The second-order valence-electron chi connectivity index (χ2n) is 4.57. The van der Waals surface area contributed by atoms with Crippen LogP contribution in [0.5, 0.6) is 0 Å². The first-order valence-corrected chi connectivity index (χ1v) is 6.37. The summed E-state index contributed by atoms with van der Waals surface area (Å²) < 4.78 is 0. The van der Waals surface area contributed by atoms with E-state index in [1.807, 2.05) is 30.3 Å². The second-order valence-corrected chi connectivity index (χ2v) is 4.57. The van der Waals surface area contributed by atoms with E-state index in [2.05, 4.69) is 10.3 Å². The molecule has 2 rings (SSSR count). The van der Waals surface area contributed by atoms with E-state index >= 15 is 0 Å². The quantitative estimate of drug-likeness (QED) is 0.778. The molecule has 0 fully saturated rings. The minimum absolute atomic E-state index is 0.0879. The molecule has 4 N–H and O–H groups in total. The van der Waals surface area contributed by atoms with Crippen LogP contribution in [0.15, 0.2) is 47.4 Å². The molecule has 20 heavy (non-hydrogen) atoms. The van der Waals surface area contributed by atoms with Gasteiger partial charge < -0.3 is 16.0 Å². The predicted octanol–water partition coefficient (Wildman–Crippen LogP) is 1.11. The maximum absolute atomic E-state index is 12.1. The highest BCUT2D eigenvalue weighted by Gasteiger charge is 2.16. The van der Waals surface area contributed by atoms with Crippen LogP contribution in [0.3, 0.4) is 0 Å². The van der Waals surface area contributed by atoms with Gasteiger partial charge in [0.1, 0.15) is 5.56 Å². The lowest BCUT2D eigenvalue weighted by atomic mass is 10.1. The van der Waals surface area contributed by atoms with Crippen LogP contribution in [0.4, 0.5) is 0 Å². The summed E-state index contributed by atoms with van der Waals surface area (Å²) in [5.74, 6) is -0.425. The number of nitrogens with two attached hydrogens (primary N) is 1. The zero-order chi connectivity index (χ0) is 14.5. The highest BCUT2D eigenvalue weighted by molar-refractivity contribution is 5.94. The van der Waals surface area contributed by atoms with Gasteiger partial charge >= 0.3 is 0 Å². The Bertz CT molecular complexity index is 650. The average molecular weight is 271 g/mol. The number of aromatic nitrogens is 1. The van der Waals surface area contributed by atoms with E-state index in [9.17, 15) is 9.59 Å². The summed E-state index contributed by atoms with van der Waals surface area (Å²) >= 11 is 0. The van der Waals surface area contributed by atoms with Gasteiger partial charge in [-0.15, -0.1) is 0 Å². The molecule has 1 atom stereocenters. The van der Waals surface area contributed by atoms with Crippen molar-refractivity contribution in [2.75, 3.05) is 6.54 Å². The predicted molar refractivity (Wildman–Crippen MR) is 77.5 cm³/mol. The fourth-order valence-electron chi connectivity index (χ4n) is 1.95. The topological polar surface area (TPSA) is 88.0 Å². The van der Waals surface area contributed by atoms with E-state index < -0.39 is 5.91 Å². The molecule has 1 unspecified atom stereocenters. The molecule has 1 aromatic carbocycles. The third-order valence-electron chi connectivity index (χ3n) is 3.04. The monoisotopic (exact) mass is 271 g/mol. The minimum Gasteiger partial charge on any atom is -0.364 e. The van der Waals surface area contributed by atoms with E-state index in [1.54, 1.807) is 6.92 Å². The Morgan fingerprint density at radius 2 is 2.05 bits per heavy atom. The molecule has 0 aliphatic rings. The Morgan fingerprint density at radius 1 is 1.35 bits per heavy atom. The third kappa shape index (κ3) is 3.13. The minimum atomic E-state index is -0.425. The standard InChI is InChI=1S/C15H17N3O2/c1-10-7-14(19)12(9-17-10)15(20)18-13(8-16)11-5-3-2-4-6-11/h2-7,9,13H,8,16H2,1H3,(H,17,19)(H,18,20). The van der Waals surface area contributed by atoms with Gasteiger partial charge in [-0.2, -0.15) is 0 Å². The molecule has 5 heteroatoms. The lowest BCUT2D eigenvalue weighted by Gasteiger charge is -2.17. The summed E-state index contributed by atoms with van der Waals surface area (Å²) in [6.45, 7) is 2.02. The molecule has 1 aromatic heterocycles. The summed E-state index contributed by atoms with van der Waals surface area (Å²) in [7, 11) is 0. The third-order valence-corrected chi connectivity index (χ3v) is 3.04. The van der Waals surface area contributed by atoms with Crippen molar-refractivity contribution in [3.63, 3.8) is 0 Å². The van der Waals surface area contributed by atoms with Crippen molar-refractivity contribution in [3.05, 3.63) is 69.6 Å². The highest BCUT2D eigenvalue weighted by Crippen LogP contribution is 2.11. The number of aryl methyl sites for hydroxylation is 1. The Kier molecular flexibility index (Phi) is 4.32. The van der Waals surface area contributed by atoms with Gasteiger partial charge in [0.25, 0.3) is 5.91 Å². The lowest BCUT2D eigenvalue weighted by molar-refractivity contribution is 0.0936. The van der Waals surface area contributed by atoms with Crippen molar-refractivity contribution >= 4 is 5.91 Å². The van der Waals surface area contributed by atoms with Crippen LogP contribution in [-0.4, -0.2) is 17.4 Å². The molecule has 5 nitrogen and oxygen atoms in total. The molecule has 0 saturated carbocycles. The summed E-state index contributed by atoms with van der Waals surface area (Å²) in [5.41, 5.74) is 7.10. The Balaban J connectivity index is 2.20. The van der Waals surface area contributed by atoms with Crippen molar-refractivity contribution in [2.24, 2.45) is 5.73 Å². The molecule has 1 amide bonds. The van der Waals surface area contributed by atoms with Gasteiger partial charge in [0, 0.05) is 24.5 Å². The Morgan fingerprint density at radius 3 is 2.65 bits per heavy atom. The normalized spacial score (nSPS) is 11.9. The van der Waals surface area contributed by atoms with E-state index in [1.165, 1.54) is 12.3 Å². The van der Waals surface area contributed by atoms with Crippen LogP contribution in [0.2, 0.25) is 0 Å². The number of nitrogens with one attached hydrogen (secondary N) is 2. The number of pyridine rings is 1. The fraction of sp³-hybridized carbons (Fsp3) is 0.200. The van der Waals surface area contributed by atoms with Crippen molar-refractivity contribution in [1.82, 2.24) is 10.3 Å². The lowest BCUT2D eigenvalue weighted by Crippen LogP contribution is -2.35. The van der Waals surface area contributed by atoms with Gasteiger partial charge in [-0.3, -0.25) is 9.59 Å². The molecule has 0 radical (unpaired) electrons. The zero-order valence-electron chi connectivity index (χ0n) is 11.2. The first-order chi connectivity index (χ1) is 9.61. The molecule has 0 saturated heterocycles. The van der Waals surface area contributed by atoms with Crippen LogP contribution in [0, 0.1) is 6.92 Å². The summed E-state index contributed by atoms with van der Waals surface area (Å²) in [6.07, 6.45) is 1.42. The van der Waals surface area contributed by atoms with Gasteiger partial charge in [0.2, 0.25) is 0 Å². The Labute approximate surface area is 116 Å². The number of hydrogen-bond acceptors (Lipinski definition) is 3. The second kappa shape index (κ2) is 6.16. The number of carbonyl (C=O) groups is 1. The first-order valence-electron chi connectivity index (χ1n) is 6.37. The van der Waals surface area contributed by atoms with Gasteiger partial charge in [-0.05, 0) is 12.5 Å².